The standard InChI is InChI=1S/C15H20Cl2N2/c1-18-12-4-5-14(18)10-19(7-6-12)13-3-2-11(9-16)15(17)8-13/h2-3,8,12,14H,4-7,9-10H2,1H3. The van der Waals surface area contributed by atoms with E-state index in [1.165, 1.54) is 24.9 Å². The molecule has 2 bridgehead atoms. The van der Waals surface area contributed by atoms with Crippen LogP contribution in [0.3, 0.4) is 0 Å². The monoisotopic (exact) mass is 298 g/mol. The quantitative estimate of drug-likeness (QED) is 0.767. The van der Waals surface area contributed by atoms with Crippen LogP contribution in [-0.4, -0.2) is 37.1 Å². The van der Waals surface area contributed by atoms with Gasteiger partial charge in [-0.2, -0.15) is 0 Å². The molecule has 3 rings (SSSR count). The molecule has 0 saturated carbocycles. The SMILES string of the molecule is CN1C2CCC1CN(c1ccc(CCl)c(Cl)c1)CC2. The van der Waals surface area contributed by atoms with Gasteiger partial charge < -0.3 is 4.90 Å². The zero-order chi connectivity index (χ0) is 13.4. The highest BCUT2D eigenvalue weighted by molar-refractivity contribution is 6.32. The predicted molar refractivity (Wildman–Crippen MR) is 82.4 cm³/mol. The van der Waals surface area contributed by atoms with Gasteiger partial charge in [0.05, 0.1) is 0 Å². The van der Waals surface area contributed by atoms with Gasteiger partial charge in [0, 0.05) is 41.8 Å². The zero-order valence-electron chi connectivity index (χ0n) is 11.3. The molecule has 2 nitrogen and oxygen atoms in total. The number of likely N-dealkylation sites (N-methyl/N-ethyl adjacent to an activating group) is 1. The Hall–Kier alpha value is -0.440. The van der Waals surface area contributed by atoms with Crippen molar-refractivity contribution in [2.24, 2.45) is 0 Å². The van der Waals surface area contributed by atoms with Crippen LogP contribution in [0.2, 0.25) is 5.02 Å². The number of halogens is 2. The molecule has 0 radical (unpaired) electrons. The summed E-state index contributed by atoms with van der Waals surface area (Å²) in [4.78, 5) is 5.04. The normalized spacial score (nSPS) is 27.6. The minimum absolute atomic E-state index is 0.479. The lowest BCUT2D eigenvalue weighted by Gasteiger charge is -2.28. The van der Waals surface area contributed by atoms with Gasteiger partial charge in [-0.1, -0.05) is 17.7 Å². The van der Waals surface area contributed by atoms with Crippen molar-refractivity contribution < 1.29 is 0 Å². The average molecular weight is 299 g/mol. The van der Waals surface area contributed by atoms with Crippen molar-refractivity contribution in [1.29, 1.82) is 0 Å². The molecular weight excluding hydrogens is 279 g/mol. The van der Waals surface area contributed by atoms with Crippen LogP contribution in [0.25, 0.3) is 0 Å². The lowest BCUT2D eigenvalue weighted by atomic mass is 10.1. The highest BCUT2D eigenvalue weighted by Crippen LogP contribution is 2.32. The topological polar surface area (TPSA) is 6.48 Å². The summed E-state index contributed by atoms with van der Waals surface area (Å²) in [5.74, 6) is 0.479. The Morgan fingerprint density at radius 3 is 2.74 bits per heavy atom. The first-order chi connectivity index (χ1) is 9.19. The first-order valence-corrected chi connectivity index (χ1v) is 7.91. The lowest BCUT2D eigenvalue weighted by Crippen LogP contribution is -2.36. The molecule has 2 aliphatic rings. The fourth-order valence-electron chi connectivity index (χ4n) is 3.38. The van der Waals surface area contributed by atoms with Crippen molar-refractivity contribution in [3.05, 3.63) is 28.8 Å². The Labute approximate surface area is 125 Å². The Bertz CT molecular complexity index is 463. The molecule has 2 heterocycles. The smallest absolute Gasteiger partial charge is 0.0488 e. The van der Waals surface area contributed by atoms with Crippen LogP contribution < -0.4 is 4.90 Å². The molecule has 1 aromatic rings. The van der Waals surface area contributed by atoms with E-state index in [0.29, 0.717) is 11.9 Å². The molecule has 19 heavy (non-hydrogen) atoms. The first kappa shape index (κ1) is 13.5. The van der Waals surface area contributed by atoms with E-state index < -0.39 is 0 Å². The molecule has 0 aromatic heterocycles. The fraction of sp³-hybridized carbons (Fsp3) is 0.600. The molecule has 2 atom stereocenters. The number of fused-ring (bicyclic) bond motifs is 2. The maximum atomic E-state index is 6.28. The van der Waals surface area contributed by atoms with E-state index in [4.69, 9.17) is 23.2 Å². The number of benzene rings is 1. The third kappa shape index (κ3) is 2.58. The van der Waals surface area contributed by atoms with E-state index in [1.807, 2.05) is 0 Å². The second-order valence-electron chi connectivity index (χ2n) is 5.69. The second-order valence-corrected chi connectivity index (χ2v) is 6.37. The van der Waals surface area contributed by atoms with Gasteiger partial charge in [0.1, 0.15) is 0 Å². The van der Waals surface area contributed by atoms with Gasteiger partial charge in [-0.15, -0.1) is 11.6 Å². The Balaban J connectivity index is 1.81. The van der Waals surface area contributed by atoms with E-state index in [9.17, 15) is 0 Å². The number of hydrogen-bond donors (Lipinski definition) is 0. The van der Waals surface area contributed by atoms with Crippen LogP contribution in [0.4, 0.5) is 5.69 Å². The molecular formula is C15H20Cl2N2. The Morgan fingerprint density at radius 1 is 1.21 bits per heavy atom. The summed E-state index contributed by atoms with van der Waals surface area (Å²) in [6, 6.07) is 7.74. The van der Waals surface area contributed by atoms with Crippen molar-refractivity contribution >= 4 is 28.9 Å². The van der Waals surface area contributed by atoms with E-state index in [2.05, 4.69) is 35.0 Å². The van der Waals surface area contributed by atoms with Crippen LogP contribution in [0.1, 0.15) is 24.8 Å². The van der Waals surface area contributed by atoms with Crippen LogP contribution in [-0.2, 0) is 5.88 Å². The third-order valence-corrected chi connectivity index (χ3v) is 5.33. The number of anilines is 1. The molecule has 2 unspecified atom stereocenters. The number of alkyl halides is 1. The minimum atomic E-state index is 0.479. The maximum absolute atomic E-state index is 6.28. The van der Waals surface area contributed by atoms with Gasteiger partial charge >= 0.3 is 0 Å². The predicted octanol–water partition coefficient (Wildman–Crippen LogP) is 3.75. The molecule has 2 fully saturated rings. The molecule has 2 aliphatic heterocycles. The molecule has 0 aliphatic carbocycles. The molecule has 0 amide bonds. The molecule has 1 aromatic carbocycles. The van der Waals surface area contributed by atoms with Crippen LogP contribution >= 0.6 is 23.2 Å². The summed E-state index contributed by atoms with van der Waals surface area (Å²) in [7, 11) is 2.27. The van der Waals surface area contributed by atoms with Crippen molar-refractivity contribution in [2.75, 3.05) is 25.0 Å². The minimum Gasteiger partial charge on any atom is -0.370 e. The van der Waals surface area contributed by atoms with Crippen molar-refractivity contribution in [2.45, 2.75) is 37.2 Å². The highest BCUT2D eigenvalue weighted by atomic mass is 35.5. The Kier molecular flexibility index (Phi) is 3.93. The van der Waals surface area contributed by atoms with Crippen LogP contribution in [0, 0.1) is 0 Å². The molecule has 2 saturated heterocycles. The summed E-state index contributed by atoms with van der Waals surface area (Å²) in [5, 5.41) is 0.787. The molecule has 4 heteroatoms. The summed E-state index contributed by atoms with van der Waals surface area (Å²) >= 11 is 12.1. The lowest BCUT2D eigenvalue weighted by molar-refractivity contribution is 0.254. The maximum Gasteiger partial charge on any atom is 0.0488 e. The van der Waals surface area contributed by atoms with Crippen LogP contribution in [0.15, 0.2) is 18.2 Å². The van der Waals surface area contributed by atoms with Gasteiger partial charge in [-0.3, -0.25) is 4.90 Å². The molecule has 104 valence electrons. The van der Waals surface area contributed by atoms with Crippen molar-refractivity contribution in [3.8, 4) is 0 Å². The molecule has 0 spiro atoms. The van der Waals surface area contributed by atoms with Gasteiger partial charge in [0.25, 0.3) is 0 Å². The average Bonchev–Trinajstić information content (AvgIpc) is 2.63. The van der Waals surface area contributed by atoms with Gasteiger partial charge in [0.15, 0.2) is 0 Å². The van der Waals surface area contributed by atoms with Crippen molar-refractivity contribution in [3.63, 3.8) is 0 Å². The number of rotatable bonds is 2. The number of nitrogens with zero attached hydrogens (tertiary/aromatic N) is 2. The van der Waals surface area contributed by atoms with E-state index in [0.717, 1.165) is 29.7 Å². The van der Waals surface area contributed by atoms with Gasteiger partial charge in [-0.25, -0.2) is 0 Å². The highest BCUT2D eigenvalue weighted by Gasteiger charge is 2.34. The van der Waals surface area contributed by atoms with Crippen molar-refractivity contribution in [1.82, 2.24) is 4.90 Å². The molecule has 0 N–H and O–H groups in total. The van der Waals surface area contributed by atoms with Gasteiger partial charge in [0.2, 0.25) is 0 Å². The Morgan fingerprint density at radius 2 is 2.00 bits per heavy atom. The summed E-state index contributed by atoms with van der Waals surface area (Å²) in [6.07, 6.45) is 3.94. The fourth-order valence-corrected chi connectivity index (χ4v) is 3.93. The third-order valence-electron chi connectivity index (χ3n) is 4.69. The first-order valence-electron chi connectivity index (χ1n) is 7.00. The van der Waals surface area contributed by atoms with E-state index >= 15 is 0 Å². The van der Waals surface area contributed by atoms with Crippen LogP contribution in [0.5, 0.6) is 0 Å². The number of hydrogen-bond acceptors (Lipinski definition) is 2. The zero-order valence-corrected chi connectivity index (χ0v) is 12.8. The van der Waals surface area contributed by atoms with E-state index in [-0.39, 0.29) is 0 Å². The second kappa shape index (κ2) is 5.51. The van der Waals surface area contributed by atoms with E-state index in [1.54, 1.807) is 0 Å². The largest absolute Gasteiger partial charge is 0.370 e. The summed E-state index contributed by atoms with van der Waals surface area (Å²) in [6.45, 7) is 2.24. The summed E-state index contributed by atoms with van der Waals surface area (Å²) in [5.41, 5.74) is 2.25. The summed E-state index contributed by atoms with van der Waals surface area (Å²) < 4.78 is 0. The van der Waals surface area contributed by atoms with Gasteiger partial charge in [-0.05, 0) is 44.0 Å².